The second-order valence-corrected chi connectivity index (χ2v) is 6.87. The molecule has 4 aromatic heterocycles. The van der Waals surface area contributed by atoms with Gasteiger partial charge in [0.25, 0.3) is 0 Å². The number of pyridine rings is 2. The van der Waals surface area contributed by atoms with E-state index in [2.05, 4.69) is 31.9 Å². The van der Waals surface area contributed by atoms with Gasteiger partial charge in [-0.05, 0) is 36.1 Å². The molecule has 0 spiro atoms. The van der Waals surface area contributed by atoms with Crippen LogP contribution in [-0.4, -0.2) is 36.2 Å². The van der Waals surface area contributed by atoms with Crippen molar-refractivity contribution in [2.75, 3.05) is 7.11 Å². The van der Waals surface area contributed by atoms with Crippen molar-refractivity contribution in [1.29, 1.82) is 0 Å². The normalized spacial score (nSPS) is 10.6. The third-order valence-corrected chi connectivity index (χ3v) is 4.88. The Balaban J connectivity index is 1.56. The van der Waals surface area contributed by atoms with E-state index in [1.165, 1.54) is 0 Å². The standard InChI is InChI=1S/C24H18N6O/c1-29-16-19(17-6-4-3-5-7-17)26-23(29)11-10-22-27-24-21(31-2)9-8-20(30(24)28-22)18-12-14-25-15-13-18/h3-9,12-16H,1-2H3. The van der Waals surface area contributed by atoms with Crippen LogP contribution in [0.5, 0.6) is 5.75 Å². The van der Waals surface area contributed by atoms with Crippen LogP contribution < -0.4 is 4.74 Å². The number of aromatic nitrogens is 6. The highest BCUT2D eigenvalue weighted by Gasteiger charge is 2.13. The van der Waals surface area contributed by atoms with E-state index in [1.807, 2.05) is 72.4 Å². The van der Waals surface area contributed by atoms with Crippen LogP contribution in [0.25, 0.3) is 28.2 Å². The minimum absolute atomic E-state index is 0.393. The van der Waals surface area contributed by atoms with E-state index in [-0.39, 0.29) is 0 Å². The van der Waals surface area contributed by atoms with Gasteiger partial charge < -0.3 is 9.30 Å². The monoisotopic (exact) mass is 406 g/mol. The molecule has 1 aromatic carbocycles. The summed E-state index contributed by atoms with van der Waals surface area (Å²) in [6.45, 7) is 0. The molecule has 0 aliphatic rings. The van der Waals surface area contributed by atoms with E-state index in [1.54, 1.807) is 24.0 Å². The van der Waals surface area contributed by atoms with Crippen molar-refractivity contribution >= 4 is 5.65 Å². The van der Waals surface area contributed by atoms with E-state index in [9.17, 15) is 0 Å². The van der Waals surface area contributed by atoms with Crippen molar-refractivity contribution in [3.63, 3.8) is 0 Å². The van der Waals surface area contributed by atoms with Crippen molar-refractivity contribution < 1.29 is 4.74 Å². The van der Waals surface area contributed by atoms with Gasteiger partial charge in [0.2, 0.25) is 5.82 Å². The van der Waals surface area contributed by atoms with Crippen molar-refractivity contribution in [2.24, 2.45) is 7.05 Å². The molecule has 0 N–H and O–H groups in total. The second-order valence-electron chi connectivity index (χ2n) is 6.87. The van der Waals surface area contributed by atoms with Gasteiger partial charge in [0.05, 0.1) is 18.5 Å². The van der Waals surface area contributed by atoms with Crippen LogP contribution in [0.4, 0.5) is 0 Å². The second kappa shape index (κ2) is 7.76. The molecule has 0 radical (unpaired) electrons. The lowest BCUT2D eigenvalue weighted by molar-refractivity contribution is 0.416. The topological polar surface area (TPSA) is 70.1 Å². The molecule has 5 aromatic rings. The van der Waals surface area contributed by atoms with Crippen molar-refractivity contribution in [3.8, 4) is 40.1 Å². The zero-order valence-corrected chi connectivity index (χ0v) is 17.0. The van der Waals surface area contributed by atoms with Gasteiger partial charge in [-0.25, -0.2) is 9.50 Å². The van der Waals surface area contributed by atoms with Gasteiger partial charge in [-0.3, -0.25) is 4.98 Å². The number of benzene rings is 1. The summed E-state index contributed by atoms with van der Waals surface area (Å²) in [6, 6.07) is 17.7. The Bertz CT molecular complexity index is 1430. The summed E-state index contributed by atoms with van der Waals surface area (Å²) >= 11 is 0. The molecule has 31 heavy (non-hydrogen) atoms. The maximum Gasteiger partial charge on any atom is 0.226 e. The van der Waals surface area contributed by atoms with Gasteiger partial charge in [-0.2, -0.15) is 4.98 Å². The van der Waals surface area contributed by atoms with Gasteiger partial charge in [-0.1, -0.05) is 30.3 Å². The van der Waals surface area contributed by atoms with Gasteiger partial charge in [0, 0.05) is 36.8 Å². The van der Waals surface area contributed by atoms with E-state index >= 15 is 0 Å². The van der Waals surface area contributed by atoms with Crippen LogP contribution in [0.3, 0.4) is 0 Å². The van der Waals surface area contributed by atoms with E-state index in [0.29, 0.717) is 23.0 Å². The highest BCUT2D eigenvalue weighted by Crippen LogP contribution is 2.25. The zero-order valence-electron chi connectivity index (χ0n) is 17.0. The summed E-state index contributed by atoms with van der Waals surface area (Å²) in [4.78, 5) is 13.3. The maximum atomic E-state index is 5.47. The van der Waals surface area contributed by atoms with Crippen molar-refractivity contribution in [1.82, 2.24) is 29.1 Å². The Labute approximate surface area is 179 Å². The largest absolute Gasteiger partial charge is 0.493 e. The maximum absolute atomic E-state index is 5.47. The summed E-state index contributed by atoms with van der Waals surface area (Å²) in [5, 5.41) is 4.60. The first-order valence-corrected chi connectivity index (χ1v) is 9.68. The lowest BCUT2D eigenvalue weighted by Crippen LogP contribution is -1.97. The predicted molar refractivity (Wildman–Crippen MR) is 117 cm³/mol. The first-order chi connectivity index (χ1) is 15.2. The zero-order chi connectivity index (χ0) is 21.2. The molecule has 0 saturated carbocycles. The minimum Gasteiger partial charge on any atom is -0.493 e. The molecule has 0 atom stereocenters. The quantitative estimate of drug-likeness (QED) is 0.428. The fraction of sp³-hybridized carbons (Fsp3) is 0.0833. The number of rotatable bonds is 3. The molecule has 0 saturated heterocycles. The summed E-state index contributed by atoms with van der Waals surface area (Å²) in [5.41, 5.74) is 4.37. The molecule has 5 rings (SSSR count). The van der Waals surface area contributed by atoms with Crippen LogP contribution in [0, 0.1) is 11.8 Å². The Kier molecular flexibility index (Phi) is 4.65. The summed E-state index contributed by atoms with van der Waals surface area (Å²) in [6.07, 6.45) is 5.45. The third-order valence-electron chi connectivity index (χ3n) is 4.88. The van der Waals surface area contributed by atoms with E-state index in [4.69, 9.17) is 4.74 Å². The number of methoxy groups -OCH3 is 1. The number of ether oxygens (including phenoxy) is 1. The summed E-state index contributed by atoms with van der Waals surface area (Å²) < 4.78 is 9.10. The molecule has 7 heteroatoms. The molecule has 0 bridgehead atoms. The molecule has 0 amide bonds. The fourth-order valence-electron chi connectivity index (χ4n) is 3.34. The number of fused-ring (bicyclic) bond motifs is 1. The van der Waals surface area contributed by atoms with E-state index in [0.717, 1.165) is 22.5 Å². The lowest BCUT2D eigenvalue weighted by atomic mass is 10.2. The molecular formula is C24H18N6O. The Hall–Kier alpha value is -4.44. The SMILES string of the molecule is COc1ccc(-c2ccncc2)n2nc(C#Cc3nc(-c4ccccc4)cn3C)nc12. The smallest absolute Gasteiger partial charge is 0.226 e. The molecule has 4 heterocycles. The summed E-state index contributed by atoms with van der Waals surface area (Å²) in [5.74, 6) is 7.79. The Morgan fingerprint density at radius 1 is 0.871 bits per heavy atom. The average Bonchev–Trinajstić information content (AvgIpc) is 3.41. The minimum atomic E-state index is 0.393. The van der Waals surface area contributed by atoms with Crippen molar-refractivity contribution in [2.45, 2.75) is 0 Å². The van der Waals surface area contributed by atoms with Crippen LogP contribution in [0.15, 0.2) is 73.2 Å². The first-order valence-electron chi connectivity index (χ1n) is 9.68. The fourth-order valence-corrected chi connectivity index (χ4v) is 3.34. The van der Waals surface area contributed by atoms with Gasteiger partial charge in [0.15, 0.2) is 17.2 Å². The molecule has 150 valence electrons. The van der Waals surface area contributed by atoms with Crippen LogP contribution in [0.2, 0.25) is 0 Å². The number of hydrogen-bond acceptors (Lipinski definition) is 5. The van der Waals surface area contributed by atoms with Crippen LogP contribution in [0.1, 0.15) is 11.6 Å². The highest BCUT2D eigenvalue weighted by molar-refractivity contribution is 5.67. The summed E-state index contributed by atoms with van der Waals surface area (Å²) in [7, 11) is 3.53. The molecule has 0 fully saturated rings. The first kappa shape index (κ1) is 18.6. The van der Waals surface area contributed by atoms with Gasteiger partial charge in [-0.15, -0.1) is 5.10 Å². The predicted octanol–water partition coefficient (Wildman–Crippen LogP) is 3.60. The van der Waals surface area contributed by atoms with Gasteiger partial charge in [0.1, 0.15) is 0 Å². The highest BCUT2D eigenvalue weighted by atomic mass is 16.5. The number of hydrogen-bond donors (Lipinski definition) is 0. The molecule has 0 aliphatic carbocycles. The van der Waals surface area contributed by atoms with Crippen LogP contribution in [-0.2, 0) is 7.05 Å². The number of imidazole rings is 1. The van der Waals surface area contributed by atoms with Gasteiger partial charge >= 0.3 is 0 Å². The Morgan fingerprint density at radius 3 is 2.45 bits per heavy atom. The van der Waals surface area contributed by atoms with Crippen molar-refractivity contribution in [3.05, 3.63) is 84.8 Å². The Morgan fingerprint density at radius 2 is 1.68 bits per heavy atom. The molecule has 7 nitrogen and oxygen atoms in total. The third kappa shape index (κ3) is 3.51. The van der Waals surface area contributed by atoms with Crippen LogP contribution >= 0.6 is 0 Å². The van der Waals surface area contributed by atoms with E-state index < -0.39 is 0 Å². The number of aryl methyl sites for hydroxylation is 1. The lowest BCUT2D eigenvalue weighted by Gasteiger charge is -2.06. The number of nitrogens with zero attached hydrogens (tertiary/aromatic N) is 6. The average molecular weight is 406 g/mol. The molecule has 0 unspecified atom stereocenters. The molecule has 0 aliphatic heterocycles. The molecular weight excluding hydrogens is 388 g/mol.